The molecule has 2 atom stereocenters. The van der Waals surface area contributed by atoms with Crippen molar-refractivity contribution in [2.45, 2.75) is 57.6 Å². The van der Waals surface area contributed by atoms with Gasteiger partial charge in [0.2, 0.25) is 0 Å². The zero-order chi connectivity index (χ0) is 23.5. The lowest BCUT2D eigenvalue weighted by molar-refractivity contribution is 0.0380. The Kier molecular flexibility index (Phi) is 6.43. The van der Waals surface area contributed by atoms with Crippen molar-refractivity contribution >= 4 is 11.7 Å². The van der Waals surface area contributed by atoms with Gasteiger partial charge in [0.1, 0.15) is 11.9 Å². The van der Waals surface area contributed by atoms with Crippen molar-refractivity contribution in [2.75, 3.05) is 6.54 Å². The van der Waals surface area contributed by atoms with Crippen LogP contribution in [0.5, 0.6) is 5.75 Å². The SMILES string of the molecule is CC1CCC(Oc2ccccc2C(=O)C2CCCC2)CN1C(=O)c1ccccc1-n1nccn1. The summed E-state index contributed by atoms with van der Waals surface area (Å²) >= 11 is 0. The van der Waals surface area contributed by atoms with Crippen molar-refractivity contribution in [2.24, 2.45) is 5.92 Å². The van der Waals surface area contributed by atoms with Crippen molar-refractivity contribution in [3.8, 4) is 11.4 Å². The number of hydrogen-bond acceptors (Lipinski definition) is 5. The predicted octanol–water partition coefficient (Wildman–Crippen LogP) is 4.71. The van der Waals surface area contributed by atoms with E-state index in [1.165, 1.54) is 4.80 Å². The summed E-state index contributed by atoms with van der Waals surface area (Å²) in [5.74, 6) is 0.851. The minimum absolute atomic E-state index is 0.0657. The van der Waals surface area contributed by atoms with Crippen molar-refractivity contribution in [3.63, 3.8) is 0 Å². The number of benzene rings is 2. The molecule has 0 bridgehead atoms. The van der Waals surface area contributed by atoms with Crippen LogP contribution in [0.1, 0.15) is 66.2 Å². The van der Waals surface area contributed by atoms with Gasteiger partial charge in [-0.2, -0.15) is 15.0 Å². The Balaban J connectivity index is 1.35. The van der Waals surface area contributed by atoms with Gasteiger partial charge in [0, 0.05) is 12.0 Å². The summed E-state index contributed by atoms with van der Waals surface area (Å²) in [5, 5.41) is 8.40. The number of Topliss-reactive ketones (excluding diaryl/α,β-unsaturated/α-hetero) is 1. The lowest BCUT2D eigenvalue weighted by atomic mass is 9.95. The smallest absolute Gasteiger partial charge is 0.256 e. The number of piperidine rings is 1. The molecule has 1 aromatic heterocycles. The normalized spacial score (nSPS) is 20.9. The molecule has 5 rings (SSSR count). The molecule has 34 heavy (non-hydrogen) atoms. The molecule has 0 spiro atoms. The third kappa shape index (κ3) is 4.47. The van der Waals surface area contributed by atoms with Crippen molar-refractivity contribution in [3.05, 3.63) is 72.1 Å². The van der Waals surface area contributed by atoms with Crippen LogP contribution < -0.4 is 4.74 Å². The number of ether oxygens (including phenoxy) is 1. The van der Waals surface area contributed by atoms with E-state index in [0.29, 0.717) is 29.1 Å². The average Bonchev–Trinajstić information content (AvgIpc) is 3.60. The van der Waals surface area contributed by atoms with Crippen molar-refractivity contribution in [1.82, 2.24) is 19.9 Å². The van der Waals surface area contributed by atoms with E-state index in [2.05, 4.69) is 17.1 Å². The first-order valence-corrected chi connectivity index (χ1v) is 12.2. The molecule has 1 amide bonds. The van der Waals surface area contributed by atoms with Gasteiger partial charge < -0.3 is 9.64 Å². The molecule has 1 aliphatic heterocycles. The van der Waals surface area contributed by atoms with E-state index in [4.69, 9.17) is 4.74 Å². The Morgan fingerprint density at radius 2 is 1.56 bits per heavy atom. The van der Waals surface area contributed by atoms with Crippen LogP contribution in [0.2, 0.25) is 0 Å². The zero-order valence-electron chi connectivity index (χ0n) is 19.5. The number of aromatic nitrogens is 3. The fraction of sp³-hybridized carbons (Fsp3) is 0.407. The van der Waals surface area contributed by atoms with E-state index in [0.717, 1.165) is 38.5 Å². The van der Waals surface area contributed by atoms with E-state index in [1.807, 2.05) is 53.4 Å². The van der Waals surface area contributed by atoms with Gasteiger partial charge in [0.05, 0.1) is 35.8 Å². The molecule has 3 aromatic rings. The number of ketones is 1. The van der Waals surface area contributed by atoms with Gasteiger partial charge in [0.15, 0.2) is 5.78 Å². The predicted molar refractivity (Wildman–Crippen MR) is 128 cm³/mol. The Hall–Kier alpha value is -3.48. The van der Waals surface area contributed by atoms with Gasteiger partial charge in [-0.3, -0.25) is 9.59 Å². The number of likely N-dealkylation sites (tertiary alicyclic amines) is 1. The molecular formula is C27H30N4O3. The molecule has 2 aliphatic rings. The monoisotopic (exact) mass is 458 g/mol. The van der Waals surface area contributed by atoms with Crippen LogP contribution in [-0.2, 0) is 0 Å². The molecule has 0 radical (unpaired) electrons. The summed E-state index contributed by atoms with van der Waals surface area (Å²) in [6, 6.07) is 15.0. The third-order valence-corrected chi connectivity index (χ3v) is 7.04. The van der Waals surface area contributed by atoms with Crippen LogP contribution in [0.15, 0.2) is 60.9 Å². The number of nitrogens with zero attached hydrogens (tertiary/aromatic N) is 4. The van der Waals surface area contributed by atoms with E-state index < -0.39 is 0 Å². The fourth-order valence-electron chi connectivity index (χ4n) is 5.14. The second-order valence-corrected chi connectivity index (χ2v) is 9.30. The molecule has 2 unspecified atom stereocenters. The van der Waals surface area contributed by atoms with E-state index >= 15 is 0 Å². The minimum atomic E-state index is -0.173. The topological polar surface area (TPSA) is 77.3 Å². The van der Waals surface area contributed by atoms with Crippen LogP contribution in [0, 0.1) is 5.92 Å². The van der Waals surface area contributed by atoms with Crippen LogP contribution in [0.3, 0.4) is 0 Å². The molecule has 0 N–H and O–H groups in total. The summed E-state index contributed by atoms with van der Waals surface area (Å²) in [6.07, 6.45) is 8.84. The first-order chi connectivity index (χ1) is 16.6. The van der Waals surface area contributed by atoms with Crippen LogP contribution in [-0.4, -0.2) is 50.3 Å². The first-order valence-electron chi connectivity index (χ1n) is 12.2. The van der Waals surface area contributed by atoms with E-state index in [9.17, 15) is 9.59 Å². The van der Waals surface area contributed by atoms with E-state index in [-0.39, 0.29) is 29.8 Å². The van der Waals surface area contributed by atoms with Gasteiger partial charge in [-0.05, 0) is 56.9 Å². The van der Waals surface area contributed by atoms with Crippen LogP contribution in [0.4, 0.5) is 0 Å². The lowest BCUT2D eigenvalue weighted by Crippen LogP contribution is -2.49. The zero-order valence-corrected chi connectivity index (χ0v) is 19.5. The first kappa shape index (κ1) is 22.3. The lowest BCUT2D eigenvalue weighted by Gasteiger charge is -2.38. The molecule has 2 fully saturated rings. The molecule has 7 nitrogen and oxygen atoms in total. The summed E-state index contributed by atoms with van der Waals surface area (Å²) < 4.78 is 6.39. The molecule has 2 heterocycles. The number of para-hydroxylation sites is 2. The highest BCUT2D eigenvalue weighted by Crippen LogP contribution is 2.32. The summed E-state index contributed by atoms with van der Waals surface area (Å²) in [6.45, 7) is 2.54. The Morgan fingerprint density at radius 3 is 2.32 bits per heavy atom. The highest BCUT2D eigenvalue weighted by atomic mass is 16.5. The minimum Gasteiger partial charge on any atom is -0.488 e. The van der Waals surface area contributed by atoms with Gasteiger partial charge >= 0.3 is 0 Å². The Morgan fingerprint density at radius 1 is 0.882 bits per heavy atom. The van der Waals surface area contributed by atoms with Crippen LogP contribution in [0.25, 0.3) is 5.69 Å². The van der Waals surface area contributed by atoms with Crippen molar-refractivity contribution in [1.29, 1.82) is 0 Å². The number of carbonyl (C=O) groups is 2. The standard InChI is InChI=1S/C27H30N4O3/c1-19-14-15-21(34-25-13-7-5-11-23(25)26(32)20-8-2-3-9-20)18-30(19)27(33)22-10-4-6-12-24(22)31-28-16-17-29-31/h4-7,10-13,16-17,19-21H,2-3,8-9,14-15,18H2,1H3. The van der Waals surface area contributed by atoms with Crippen molar-refractivity contribution < 1.29 is 14.3 Å². The summed E-state index contributed by atoms with van der Waals surface area (Å²) in [7, 11) is 0. The van der Waals surface area contributed by atoms with Gasteiger partial charge in [-0.15, -0.1) is 0 Å². The maximum absolute atomic E-state index is 13.6. The number of rotatable bonds is 6. The largest absolute Gasteiger partial charge is 0.488 e. The maximum Gasteiger partial charge on any atom is 0.256 e. The Bertz CT molecular complexity index is 1150. The van der Waals surface area contributed by atoms with Crippen LogP contribution >= 0.6 is 0 Å². The van der Waals surface area contributed by atoms with Gasteiger partial charge in [-0.1, -0.05) is 37.1 Å². The number of carbonyl (C=O) groups excluding carboxylic acids is 2. The van der Waals surface area contributed by atoms with Gasteiger partial charge in [-0.25, -0.2) is 0 Å². The molecular weight excluding hydrogens is 428 g/mol. The summed E-state index contributed by atoms with van der Waals surface area (Å²) in [5.41, 5.74) is 1.88. The quantitative estimate of drug-likeness (QED) is 0.500. The summed E-state index contributed by atoms with van der Waals surface area (Å²) in [4.78, 5) is 30.1. The van der Waals surface area contributed by atoms with Gasteiger partial charge in [0.25, 0.3) is 5.91 Å². The highest BCUT2D eigenvalue weighted by molar-refractivity contribution is 6.00. The number of hydrogen-bond donors (Lipinski definition) is 0. The number of amides is 1. The molecule has 1 aliphatic carbocycles. The Labute approximate surface area is 199 Å². The fourth-order valence-corrected chi connectivity index (χ4v) is 5.14. The third-order valence-electron chi connectivity index (χ3n) is 7.04. The second-order valence-electron chi connectivity index (χ2n) is 9.30. The second kappa shape index (κ2) is 9.79. The average molecular weight is 459 g/mol. The molecule has 2 aromatic carbocycles. The van der Waals surface area contributed by atoms with E-state index in [1.54, 1.807) is 12.4 Å². The highest BCUT2D eigenvalue weighted by Gasteiger charge is 2.33. The molecule has 7 heteroatoms. The molecule has 1 saturated heterocycles. The molecule has 1 saturated carbocycles. The maximum atomic E-state index is 13.6. The molecule has 176 valence electrons.